The van der Waals surface area contributed by atoms with Gasteiger partial charge in [-0.25, -0.2) is 12.7 Å². The van der Waals surface area contributed by atoms with Crippen LogP contribution < -0.4 is 35.6 Å². The lowest BCUT2D eigenvalue weighted by atomic mass is 9.95. The number of carbonyl (C=O) groups is 2. The number of amides is 2. The Hall–Kier alpha value is -3.84. The molecule has 3 rings (SSSR count). The van der Waals surface area contributed by atoms with Crippen molar-refractivity contribution in [2.24, 2.45) is 5.92 Å². The Labute approximate surface area is 259 Å². The molecule has 2 aromatic carbocycles. The average molecular weight is 633 g/mol. The van der Waals surface area contributed by atoms with E-state index >= 15 is 0 Å². The van der Waals surface area contributed by atoms with Crippen LogP contribution in [0.3, 0.4) is 0 Å². The Morgan fingerprint density at radius 2 is 1.75 bits per heavy atom. The van der Waals surface area contributed by atoms with Gasteiger partial charge in [-0.15, -0.1) is 0 Å². The summed E-state index contributed by atoms with van der Waals surface area (Å²) in [4.78, 5) is 39.2. The van der Waals surface area contributed by atoms with Crippen LogP contribution in [0, 0.1) is 5.92 Å². The molecule has 3 atom stereocenters. The van der Waals surface area contributed by atoms with Gasteiger partial charge in [-0.3, -0.25) is 14.4 Å². The molecule has 2 aromatic rings. The lowest BCUT2D eigenvalue weighted by Crippen LogP contribution is -2.46. The highest BCUT2D eigenvalue weighted by molar-refractivity contribution is 7.89. The summed E-state index contributed by atoms with van der Waals surface area (Å²) in [5.41, 5.74) is 2.68. The highest BCUT2D eigenvalue weighted by Crippen LogP contribution is 2.50. The predicted molar refractivity (Wildman–Crippen MR) is 170 cm³/mol. The van der Waals surface area contributed by atoms with E-state index in [0.717, 1.165) is 9.87 Å². The van der Waals surface area contributed by atoms with Crippen molar-refractivity contribution in [2.75, 3.05) is 53.0 Å². The Bertz CT molecular complexity index is 1540. The zero-order valence-corrected chi connectivity index (χ0v) is 27.5. The zero-order valence-electron chi connectivity index (χ0n) is 26.7. The number of anilines is 1. The Morgan fingerprint density at radius 3 is 2.32 bits per heavy atom. The van der Waals surface area contributed by atoms with E-state index in [9.17, 15) is 22.8 Å². The number of nitrogens with one attached hydrogen (secondary N) is 3. The van der Waals surface area contributed by atoms with Crippen LogP contribution in [-0.4, -0.2) is 78.3 Å². The number of carbonyl (C=O) groups excluding carboxylic acids is 2. The second-order valence-corrected chi connectivity index (χ2v) is 13.3. The molecule has 0 aliphatic heterocycles. The minimum Gasteiger partial charge on any atom is -0.493 e. The first-order chi connectivity index (χ1) is 20.8. The Kier molecular flexibility index (Phi) is 11.6. The van der Waals surface area contributed by atoms with Gasteiger partial charge in [0.1, 0.15) is 6.04 Å². The van der Waals surface area contributed by atoms with Gasteiger partial charge in [-0.2, -0.15) is 0 Å². The summed E-state index contributed by atoms with van der Waals surface area (Å²) in [5.74, 6) is 0.234. The monoisotopic (exact) mass is 632 g/mol. The third-order valence-corrected chi connectivity index (χ3v) is 9.77. The molecule has 1 aliphatic carbocycles. The first-order valence-corrected chi connectivity index (χ1v) is 16.1. The van der Waals surface area contributed by atoms with Crippen molar-refractivity contribution in [3.63, 3.8) is 0 Å². The highest BCUT2D eigenvalue weighted by atomic mass is 32.2. The molecule has 0 spiro atoms. The lowest BCUT2D eigenvalue weighted by Gasteiger charge is -2.24. The molecule has 12 nitrogen and oxygen atoms in total. The molecule has 0 radical (unpaired) electrons. The summed E-state index contributed by atoms with van der Waals surface area (Å²) >= 11 is 0. The summed E-state index contributed by atoms with van der Waals surface area (Å²) in [6.45, 7) is 5.16. The molecule has 0 fully saturated rings. The number of hydrogen-bond acceptors (Lipinski definition) is 9. The Morgan fingerprint density at radius 1 is 1.07 bits per heavy atom. The summed E-state index contributed by atoms with van der Waals surface area (Å²) in [5, 5.41) is 8.81. The quantitative estimate of drug-likeness (QED) is 0.303. The van der Waals surface area contributed by atoms with E-state index < -0.39 is 28.0 Å². The van der Waals surface area contributed by atoms with Gasteiger partial charge in [0, 0.05) is 33.1 Å². The molecule has 1 aliphatic rings. The van der Waals surface area contributed by atoms with E-state index in [1.54, 1.807) is 19.2 Å². The van der Waals surface area contributed by atoms with Crippen LogP contribution in [0.1, 0.15) is 50.8 Å². The SMILES string of the molecule is CC[C@@H](C)[C@H](Nc1ccc2c(cc1=O)[C@@H](NC(C)=O)CCc1cc(OC)c(OC)c(OC)c1-2)C(=O)NCCS(=O)(=O)N(C)C. The van der Waals surface area contributed by atoms with Crippen molar-refractivity contribution in [3.8, 4) is 28.4 Å². The molecule has 0 saturated carbocycles. The molecule has 0 bridgehead atoms. The van der Waals surface area contributed by atoms with Crippen LogP contribution in [0.5, 0.6) is 17.2 Å². The molecule has 242 valence electrons. The maximum Gasteiger partial charge on any atom is 0.242 e. The number of hydrogen-bond donors (Lipinski definition) is 3. The number of sulfonamides is 1. The maximum atomic E-state index is 13.7. The van der Waals surface area contributed by atoms with Gasteiger partial charge < -0.3 is 30.2 Å². The van der Waals surface area contributed by atoms with Crippen molar-refractivity contribution in [3.05, 3.63) is 45.6 Å². The molecule has 44 heavy (non-hydrogen) atoms. The van der Waals surface area contributed by atoms with Gasteiger partial charge in [0.05, 0.1) is 38.8 Å². The number of methoxy groups -OCH3 is 3. The van der Waals surface area contributed by atoms with Gasteiger partial charge >= 0.3 is 0 Å². The fourth-order valence-corrected chi connectivity index (χ4v) is 6.02. The first-order valence-electron chi connectivity index (χ1n) is 14.5. The second kappa shape index (κ2) is 14.8. The largest absolute Gasteiger partial charge is 0.493 e. The summed E-state index contributed by atoms with van der Waals surface area (Å²) in [6, 6.07) is 5.48. The third kappa shape index (κ3) is 7.62. The van der Waals surface area contributed by atoms with E-state index in [2.05, 4.69) is 16.0 Å². The van der Waals surface area contributed by atoms with Gasteiger partial charge in [0.2, 0.25) is 33.0 Å². The number of nitrogens with zero attached hydrogens (tertiary/aromatic N) is 1. The average Bonchev–Trinajstić information content (AvgIpc) is 3.22. The van der Waals surface area contributed by atoms with Gasteiger partial charge in [0.25, 0.3) is 0 Å². The summed E-state index contributed by atoms with van der Waals surface area (Å²) < 4.78 is 42.5. The molecule has 0 heterocycles. The lowest BCUT2D eigenvalue weighted by molar-refractivity contribution is -0.122. The minimum atomic E-state index is -3.49. The van der Waals surface area contributed by atoms with Crippen LogP contribution in [0.2, 0.25) is 0 Å². The van der Waals surface area contributed by atoms with Crippen LogP contribution >= 0.6 is 0 Å². The number of benzene rings is 1. The molecule has 0 unspecified atom stereocenters. The number of ether oxygens (including phenoxy) is 3. The van der Waals surface area contributed by atoms with Crippen LogP contribution in [0.4, 0.5) is 5.69 Å². The van der Waals surface area contributed by atoms with Gasteiger partial charge in [-0.05, 0) is 53.6 Å². The summed E-state index contributed by atoms with van der Waals surface area (Å²) in [7, 11) is 3.96. The highest BCUT2D eigenvalue weighted by Gasteiger charge is 2.30. The van der Waals surface area contributed by atoms with Gasteiger partial charge in [0.15, 0.2) is 11.5 Å². The standard InChI is InChI=1S/C31H44N4O8S/c1-9-18(2)28(31(38)32-14-15-44(39,40)35(4)5)34-24-13-11-21-22(17-25(24)37)23(33-19(3)36)12-10-20-16-26(41-6)29(42-7)30(43-8)27(20)21/h11,13,16-18,23,28H,9-10,12,14-15H2,1-8H3,(H,32,38)(H,33,36)(H,34,37)/t18-,23+,28+/m1/s1. The molecule has 0 aromatic heterocycles. The van der Waals surface area contributed by atoms with Crippen molar-refractivity contribution in [1.82, 2.24) is 14.9 Å². The van der Waals surface area contributed by atoms with Gasteiger partial charge in [-0.1, -0.05) is 26.3 Å². The number of fused-ring (bicyclic) bond motifs is 3. The van der Waals surface area contributed by atoms with Crippen LogP contribution in [0.15, 0.2) is 29.1 Å². The maximum absolute atomic E-state index is 13.7. The molecule has 0 saturated heterocycles. The molecule has 3 N–H and O–H groups in total. The van der Waals surface area contributed by atoms with E-state index in [4.69, 9.17) is 14.2 Å². The van der Waals surface area contributed by atoms with E-state index in [1.807, 2.05) is 19.9 Å². The van der Waals surface area contributed by atoms with Crippen molar-refractivity contribution < 1.29 is 32.2 Å². The zero-order chi connectivity index (χ0) is 32.8. The Balaban J connectivity index is 2.14. The predicted octanol–water partition coefficient (Wildman–Crippen LogP) is 2.70. The summed E-state index contributed by atoms with van der Waals surface area (Å²) in [6.07, 6.45) is 1.70. The van der Waals surface area contributed by atoms with E-state index in [-0.39, 0.29) is 35.2 Å². The first kappa shape index (κ1) is 34.6. The minimum absolute atomic E-state index is 0.0741. The second-order valence-electron chi connectivity index (χ2n) is 11.0. The molecule has 13 heteroatoms. The smallest absolute Gasteiger partial charge is 0.242 e. The molecular formula is C31H44N4O8S. The van der Waals surface area contributed by atoms with Crippen LogP contribution in [-0.2, 0) is 26.0 Å². The number of rotatable bonds is 13. The van der Waals surface area contributed by atoms with Crippen molar-refractivity contribution in [2.45, 2.75) is 52.1 Å². The number of aryl methyl sites for hydroxylation is 1. The molecular weight excluding hydrogens is 588 g/mol. The van der Waals surface area contributed by atoms with Crippen molar-refractivity contribution in [1.29, 1.82) is 0 Å². The van der Waals surface area contributed by atoms with E-state index in [1.165, 1.54) is 41.3 Å². The fraction of sp³-hybridized carbons (Fsp3) is 0.516. The third-order valence-electron chi connectivity index (χ3n) is 7.94. The van der Waals surface area contributed by atoms with Crippen molar-refractivity contribution >= 4 is 27.5 Å². The normalized spacial score (nSPS) is 15.6. The fourth-order valence-electron chi connectivity index (χ4n) is 5.29. The van der Waals surface area contributed by atoms with E-state index in [0.29, 0.717) is 53.2 Å². The topological polar surface area (TPSA) is 152 Å². The van der Waals surface area contributed by atoms with Crippen LogP contribution in [0.25, 0.3) is 11.1 Å². The molecule has 2 amide bonds.